The Balaban J connectivity index is 1.94. The van der Waals surface area contributed by atoms with E-state index in [0.29, 0.717) is 15.8 Å². The molecule has 1 amide bonds. The second-order valence-corrected chi connectivity index (χ2v) is 4.91. The number of nitrogens with one attached hydrogen (secondary N) is 2. The van der Waals surface area contributed by atoms with Crippen LogP contribution in [0.2, 0.25) is 4.34 Å². The summed E-state index contributed by atoms with van der Waals surface area (Å²) < 4.78 is 0.623. The SMILES string of the molecule is O=C(NCc1ccc[nH+]c1)c1ccc(Cl)s1. The third kappa shape index (κ3) is 2.81. The number of hydrogen-bond acceptors (Lipinski definition) is 2. The molecule has 5 heteroatoms. The number of aromatic amines is 1. The lowest BCUT2D eigenvalue weighted by molar-refractivity contribution is -0.378. The molecule has 0 unspecified atom stereocenters. The summed E-state index contributed by atoms with van der Waals surface area (Å²) in [5.41, 5.74) is 1.03. The van der Waals surface area contributed by atoms with Crippen LogP contribution in [0.3, 0.4) is 0 Å². The van der Waals surface area contributed by atoms with Gasteiger partial charge in [0.05, 0.1) is 9.21 Å². The second-order valence-electron chi connectivity index (χ2n) is 3.20. The summed E-state index contributed by atoms with van der Waals surface area (Å²) in [6.07, 6.45) is 3.67. The number of amides is 1. The summed E-state index contributed by atoms with van der Waals surface area (Å²) in [5, 5.41) is 2.82. The zero-order valence-electron chi connectivity index (χ0n) is 8.37. The largest absolute Gasteiger partial charge is 0.347 e. The quantitative estimate of drug-likeness (QED) is 0.895. The van der Waals surface area contributed by atoms with Crippen LogP contribution in [0, 0.1) is 0 Å². The average molecular weight is 254 g/mol. The van der Waals surface area contributed by atoms with Crippen LogP contribution in [0.1, 0.15) is 15.2 Å². The van der Waals surface area contributed by atoms with E-state index in [2.05, 4.69) is 10.3 Å². The van der Waals surface area contributed by atoms with Gasteiger partial charge in [-0.3, -0.25) is 4.79 Å². The lowest BCUT2D eigenvalue weighted by atomic mass is 10.3. The minimum atomic E-state index is -0.0965. The van der Waals surface area contributed by atoms with E-state index in [-0.39, 0.29) is 5.91 Å². The van der Waals surface area contributed by atoms with Crippen LogP contribution in [0.15, 0.2) is 36.7 Å². The molecule has 0 bridgehead atoms. The maximum Gasteiger partial charge on any atom is 0.261 e. The Morgan fingerprint density at radius 3 is 2.94 bits per heavy atom. The molecule has 0 saturated carbocycles. The van der Waals surface area contributed by atoms with Crippen molar-refractivity contribution in [3.05, 3.63) is 51.4 Å². The van der Waals surface area contributed by atoms with E-state index in [9.17, 15) is 4.79 Å². The summed E-state index contributed by atoms with van der Waals surface area (Å²) in [6, 6.07) is 7.28. The van der Waals surface area contributed by atoms with Crippen molar-refractivity contribution in [2.75, 3.05) is 0 Å². The van der Waals surface area contributed by atoms with Crippen LogP contribution >= 0.6 is 22.9 Å². The molecular formula is C11H10ClN2OS+. The Kier molecular flexibility index (Phi) is 3.54. The van der Waals surface area contributed by atoms with Crippen LogP contribution in [-0.2, 0) is 6.54 Å². The van der Waals surface area contributed by atoms with E-state index >= 15 is 0 Å². The highest BCUT2D eigenvalue weighted by Crippen LogP contribution is 2.21. The highest BCUT2D eigenvalue weighted by atomic mass is 35.5. The van der Waals surface area contributed by atoms with Gasteiger partial charge in [0.2, 0.25) is 0 Å². The molecule has 2 N–H and O–H groups in total. The number of rotatable bonds is 3. The highest BCUT2D eigenvalue weighted by Gasteiger charge is 2.08. The number of thiophene rings is 1. The van der Waals surface area contributed by atoms with Crippen molar-refractivity contribution in [1.82, 2.24) is 5.32 Å². The Hall–Kier alpha value is -1.39. The maximum absolute atomic E-state index is 11.7. The van der Waals surface area contributed by atoms with Crippen molar-refractivity contribution in [2.45, 2.75) is 6.54 Å². The molecular weight excluding hydrogens is 244 g/mol. The first-order chi connectivity index (χ1) is 7.75. The first-order valence-corrected chi connectivity index (χ1v) is 5.93. The lowest BCUT2D eigenvalue weighted by Gasteiger charge is -2.00. The fourth-order valence-electron chi connectivity index (χ4n) is 1.25. The number of halogens is 1. The Morgan fingerprint density at radius 1 is 1.44 bits per heavy atom. The van der Waals surface area contributed by atoms with Crippen molar-refractivity contribution < 1.29 is 9.78 Å². The molecule has 0 aliphatic rings. The molecule has 0 fully saturated rings. The molecule has 2 heterocycles. The summed E-state index contributed by atoms with van der Waals surface area (Å²) >= 11 is 7.03. The van der Waals surface area contributed by atoms with Crippen molar-refractivity contribution >= 4 is 28.8 Å². The molecule has 0 saturated heterocycles. The fraction of sp³-hybridized carbons (Fsp3) is 0.0909. The number of carbonyl (C=O) groups excluding carboxylic acids is 1. The van der Waals surface area contributed by atoms with Gasteiger partial charge < -0.3 is 5.32 Å². The van der Waals surface area contributed by atoms with Gasteiger partial charge in [-0.2, -0.15) is 0 Å². The van der Waals surface area contributed by atoms with Crippen molar-refractivity contribution in [3.63, 3.8) is 0 Å². The van der Waals surface area contributed by atoms with Crippen LogP contribution in [0.25, 0.3) is 0 Å². The van der Waals surface area contributed by atoms with Gasteiger partial charge in [-0.25, -0.2) is 4.98 Å². The van der Waals surface area contributed by atoms with E-state index in [4.69, 9.17) is 11.6 Å². The molecule has 82 valence electrons. The van der Waals surface area contributed by atoms with Crippen molar-refractivity contribution in [1.29, 1.82) is 0 Å². The minimum absolute atomic E-state index is 0.0965. The maximum atomic E-state index is 11.7. The van der Waals surface area contributed by atoms with Crippen LogP contribution < -0.4 is 10.3 Å². The molecule has 0 aliphatic carbocycles. The van der Waals surface area contributed by atoms with Gasteiger partial charge in [-0.15, -0.1) is 11.3 Å². The average Bonchev–Trinajstić information content (AvgIpc) is 2.74. The lowest BCUT2D eigenvalue weighted by Crippen LogP contribution is -2.22. The van der Waals surface area contributed by atoms with Crippen LogP contribution in [-0.4, -0.2) is 5.91 Å². The highest BCUT2D eigenvalue weighted by molar-refractivity contribution is 7.17. The van der Waals surface area contributed by atoms with E-state index in [1.807, 2.05) is 24.5 Å². The van der Waals surface area contributed by atoms with Crippen LogP contribution in [0.4, 0.5) is 0 Å². The van der Waals surface area contributed by atoms with Crippen molar-refractivity contribution in [2.24, 2.45) is 0 Å². The molecule has 0 radical (unpaired) electrons. The Bertz CT molecular complexity index is 484. The molecule has 2 aromatic rings. The van der Waals surface area contributed by atoms with Crippen LogP contribution in [0.5, 0.6) is 0 Å². The summed E-state index contributed by atoms with van der Waals surface area (Å²) in [6.45, 7) is 0.506. The summed E-state index contributed by atoms with van der Waals surface area (Å²) in [5.74, 6) is -0.0965. The predicted octanol–water partition coefficient (Wildman–Crippen LogP) is 2.15. The molecule has 0 aromatic carbocycles. The molecule has 2 rings (SSSR count). The second kappa shape index (κ2) is 5.09. The monoisotopic (exact) mass is 253 g/mol. The predicted molar refractivity (Wildman–Crippen MR) is 63.5 cm³/mol. The van der Waals surface area contributed by atoms with Gasteiger partial charge >= 0.3 is 0 Å². The number of carbonyl (C=O) groups is 1. The normalized spacial score (nSPS) is 10.1. The van der Waals surface area contributed by atoms with Gasteiger partial charge in [0, 0.05) is 18.2 Å². The molecule has 2 aromatic heterocycles. The minimum Gasteiger partial charge on any atom is -0.347 e. The number of aromatic nitrogens is 1. The third-order valence-electron chi connectivity index (χ3n) is 2.02. The van der Waals surface area contributed by atoms with Gasteiger partial charge in [-0.1, -0.05) is 11.6 Å². The number of hydrogen-bond donors (Lipinski definition) is 1. The zero-order valence-corrected chi connectivity index (χ0v) is 9.94. The topological polar surface area (TPSA) is 43.2 Å². The molecule has 0 atom stereocenters. The van der Waals surface area contributed by atoms with Gasteiger partial charge in [0.1, 0.15) is 0 Å². The fourth-order valence-corrected chi connectivity index (χ4v) is 2.21. The summed E-state index contributed by atoms with van der Waals surface area (Å²) in [7, 11) is 0. The van der Waals surface area contributed by atoms with Crippen molar-refractivity contribution in [3.8, 4) is 0 Å². The summed E-state index contributed by atoms with van der Waals surface area (Å²) in [4.78, 5) is 15.3. The van der Waals surface area contributed by atoms with Gasteiger partial charge in [-0.05, 0) is 18.2 Å². The first-order valence-electron chi connectivity index (χ1n) is 4.74. The first kappa shape index (κ1) is 11.1. The third-order valence-corrected chi connectivity index (χ3v) is 3.25. The Labute approximate surface area is 102 Å². The van der Waals surface area contributed by atoms with E-state index in [1.54, 1.807) is 12.1 Å². The smallest absolute Gasteiger partial charge is 0.261 e. The number of pyridine rings is 1. The number of H-pyrrole nitrogens is 1. The van der Waals surface area contributed by atoms with E-state index < -0.39 is 0 Å². The van der Waals surface area contributed by atoms with E-state index in [1.165, 1.54) is 11.3 Å². The molecule has 16 heavy (non-hydrogen) atoms. The standard InChI is InChI=1S/C11H9ClN2OS/c12-10-4-3-9(16-10)11(15)14-7-8-2-1-5-13-6-8/h1-6H,7H2,(H,14,15)/p+1. The molecule has 3 nitrogen and oxygen atoms in total. The molecule has 0 aliphatic heterocycles. The van der Waals surface area contributed by atoms with Gasteiger partial charge in [0.25, 0.3) is 5.91 Å². The Morgan fingerprint density at radius 2 is 2.31 bits per heavy atom. The van der Waals surface area contributed by atoms with Gasteiger partial charge in [0.15, 0.2) is 12.4 Å². The van der Waals surface area contributed by atoms with E-state index in [0.717, 1.165) is 5.56 Å². The zero-order chi connectivity index (χ0) is 11.4. The molecule has 0 spiro atoms.